The molecule has 2 atom stereocenters. The van der Waals surface area contributed by atoms with Gasteiger partial charge in [0.05, 0.1) is 11.4 Å². The molecular formula is C54H78N4O4. The molecule has 4 rings (SSSR count). The number of carbonyl (C=O) groups is 3. The SMILES string of the molecule is CCCCCN(c1ccc(C)cc1)c1ccc(C2=C([O-])/C(=C3\C=CC(=[N+](CCCCC)CCCCC)C=C3NC(=O)C(CC)CCCC)C2=O)c(NC(=O)C(CC)CCCC)c1. The van der Waals surface area contributed by atoms with Crippen LogP contribution in [0.2, 0.25) is 0 Å². The van der Waals surface area contributed by atoms with E-state index in [-0.39, 0.29) is 46.3 Å². The quantitative estimate of drug-likeness (QED) is 0.0529. The van der Waals surface area contributed by atoms with Gasteiger partial charge in [0.15, 0.2) is 5.78 Å². The van der Waals surface area contributed by atoms with Crippen molar-refractivity contribution in [1.82, 2.24) is 5.32 Å². The number of Topliss-reactive ketones (excluding diaryl/α,β-unsaturated/α-hetero) is 1. The fourth-order valence-electron chi connectivity index (χ4n) is 8.49. The molecule has 0 aromatic heterocycles. The summed E-state index contributed by atoms with van der Waals surface area (Å²) in [6.45, 7) is 19.6. The highest BCUT2D eigenvalue weighted by atomic mass is 16.3. The zero-order chi connectivity index (χ0) is 45.0. The van der Waals surface area contributed by atoms with E-state index in [4.69, 9.17) is 0 Å². The number of amides is 2. The Labute approximate surface area is 374 Å². The molecule has 0 radical (unpaired) electrons. The molecule has 8 nitrogen and oxygen atoms in total. The molecule has 0 heterocycles. The molecular weight excluding hydrogens is 769 g/mol. The molecule has 2 amide bonds. The molecule has 2 N–H and O–H groups in total. The van der Waals surface area contributed by atoms with E-state index in [0.29, 0.717) is 35.4 Å². The number of benzene rings is 2. The average molecular weight is 847 g/mol. The summed E-state index contributed by atoms with van der Waals surface area (Å²) >= 11 is 0. The van der Waals surface area contributed by atoms with Crippen LogP contribution in [0.3, 0.4) is 0 Å². The van der Waals surface area contributed by atoms with Crippen molar-refractivity contribution in [3.05, 3.63) is 94.4 Å². The van der Waals surface area contributed by atoms with Crippen molar-refractivity contribution in [3.8, 4) is 0 Å². The zero-order valence-electron chi connectivity index (χ0n) is 39.6. The Hall–Kier alpha value is -4.72. The van der Waals surface area contributed by atoms with Crippen LogP contribution in [-0.4, -0.2) is 47.5 Å². The summed E-state index contributed by atoms with van der Waals surface area (Å²) in [4.78, 5) is 44.7. The average Bonchev–Trinajstić information content (AvgIpc) is 3.27. The third kappa shape index (κ3) is 13.4. The Morgan fingerprint density at radius 3 is 1.76 bits per heavy atom. The predicted octanol–water partition coefficient (Wildman–Crippen LogP) is 12.0. The molecule has 8 heteroatoms. The predicted molar refractivity (Wildman–Crippen MR) is 258 cm³/mol. The minimum absolute atomic E-state index is 0.0628. The molecule has 0 saturated carbocycles. The Bertz CT molecular complexity index is 1960. The molecule has 2 aromatic rings. The number of anilines is 3. The van der Waals surface area contributed by atoms with E-state index in [1.807, 2.05) is 50.3 Å². The molecule has 0 bridgehead atoms. The van der Waals surface area contributed by atoms with Crippen molar-refractivity contribution in [2.75, 3.05) is 29.9 Å². The summed E-state index contributed by atoms with van der Waals surface area (Å²) in [5.74, 6) is -1.31. The molecule has 2 aliphatic carbocycles. The normalized spacial score (nSPS) is 15.9. The van der Waals surface area contributed by atoms with Crippen LogP contribution in [0.5, 0.6) is 0 Å². The maximum absolute atomic E-state index is 14.6. The summed E-state index contributed by atoms with van der Waals surface area (Å²) in [6.07, 6.45) is 22.4. The van der Waals surface area contributed by atoms with Crippen molar-refractivity contribution in [2.45, 2.75) is 165 Å². The first kappa shape index (κ1) is 49.9. The van der Waals surface area contributed by atoms with Crippen molar-refractivity contribution in [1.29, 1.82) is 0 Å². The number of unbranched alkanes of at least 4 members (excludes halogenated alkanes) is 8. The van der Waals surface area contributed by atoms with Crippen molar-refractivity contribution >= 4 is 45.9 Å². The summed E-state index contributed by atoms with van der Waals surface area (Å²) in [6, 6.07) is 14.2. The van der Waals surface area contributed by atoms with Gasteiger partial charge in [0.25, 0.3) is 0 Å². The van der Waals surface area contributed by atoms with Crippen molar-refractivity contribution < 1.29 is 24.1 Å². The maximum Gasteiger partial charge on any atom is 0.227 e. The molecule has 2 aromatic carbocycles. The van der Waals surface area contributed by atoms with Gasteiger partial charge >= 0.3 is 0 Å². The number of aryl methyl sites for hydroxylation is 1. The number of ketones is 1. The van der Waals surface area contributed by atoms with Crippen LogP contribution in [0.1, 0.15) is 169 Å². The minimum atomic E-state index is -0.376. The summed E-state index contributed by atoms with van der Waals surface area (Å²) < 4.78 is 2.38. The van der Waals surface area contributed by atoms with Crippen LogP contribution in [-0.2, 0) is 14.4 Å². The molecule has 62 heavy (non-hydrogen) atoms. The van der Waals surface area contributed by atoms with E-state index >= 15 is 0 Å². The van der Waals surface area contributed by atoms with Gasteiger partial charge in [0.1, 0.15) is 13.1 Å². The molecule has 338 valence electrons. The lowest BCUT2D eigenvalue weighted by molar-refractivity contribution is -0.527. The fourth-order valence-corrected chi connectivity index (χ4v) is 8.49. The third-order valence-electron chi connectivity index (χ3n) is 12.6. The van der Waals surface area contributed by atoms with Gasteiger partial charge in [-0.05, 0) is 82.2 Å². The summed E-state index contributed by atoms with van der Waals surface area (Å²) in [7, 11) is 0. The Kier molecular flexibility index (Phi) is 21.0. The summed E-state index contributed by atoms with van der Waals surface area (Å²) in [5, 5.41) is 21.0. The lowest BCUT2D eigenvalue weighted by Crippen LogP contribution is -2.36. The number of carbonyl (C=O) groups excluding carboxylic acids is 3. The highest BCUT2D eigenvalue weighted by Gasteiger charge is 2.35. The molecule has 0 fully saturated rings. The lowest BCUT2D eigenvalue weighted by Gasteiger charge is -2.35. The fraction of sp³-hybridized carbons (Fsp3) is 0.556. The van der Waals surface area contributed by atoms with Crippen LogP contribution in [0, 0.1) is 18.8 Å². The van der Waals surface area contributed by atoms with Crippen molar-refractivity contribution in [3.63, 3.8) is 0 Å². The van der Waals surface area contributed by atoms with Gasteiger partial charge < -0.3 is 20.6 Å². The molecule has 0 saturated heterocycles. The first-order chi connectivity index (χ1) is 30.1. The number of rotatable bonds is 27. The van der Waals surface area contributed by atoms with E-state index in [0.717, 1.165) is 133 Å². The Morgan fingerprint density at radius 1 is 0.661 bits per heavy atom. The second kappa shape index (κ2) is 26.0. The highest BCUT2D eigenvalue weighted by molar-refractivity contribution is 6.40. The number of nitrogens with zero attached hydrogens (tertiary/aromatic N) is 2. The van der Waals surface area contributed by atoms with Crippen LogP contribution in [0.25, 0.3) is 5.57 Å². The van der Waals surface area contributed by atoms with E-state index in [1.165, 1.54) is 5.56 Å². The second-order valence-corrected chi connectivity index (χ2v) is 17.4. The van der Waals surface area contributed by atoms with Crippen LogP contribution >= 0.6 is 0 Å². The molecule has 2 aliphatic rings. The first-order valence-corrected chi connectivity index (χ1v) is 24.4. The van der Waals surface area contributed by atoms with Crippen LogP contribution in [0.4, 0.5) is 17.1 Å². The Morgan fingerprint density at radius 2 is 1.21 bits per heavy atom. The number of allylic oxidation sites excluding steroid dienone is 5. The van der Waals surface area contributed by atoms with Gasteiger partial charge in [-0.25, -0.2) is 4.58 Å². The van der Waals surface area contributed by atoms with Crippen LogP contribution < -0.4 is 20.6 Å². The van der Waals surface area contributed by atoms with Crippen LogP contribution in [0.15, 0.2) is 83.3 Å². The first-order valence-electron chi connectivity index (χ1n) is 24.4. The van der Waals surface area contributed by atoms with Gasteiger partial charge in [-0.2, -0.15) is 0 Å². The largest absolute Gasteiger partial charge is 0.871 e. The van der Waals surface area contributed by atoms with Gasteiger partial charge in [0, 0.05) is 77.0 Å². The smallest absolute Gasteiger partial charge is 0.227 e. The Balaban J connectivity index is 1.88. The molecule has 0 spiro atoms. The van der Waals surface area contributed by atoms with Crippen molar-refractivity contribution in [2.24, 2.45) is 11.8 Å². The van der Waals surface area contributed by atoms with E-state index < -0.39 is 0 Å². The van der Waals surface area contributed by atoms with Gasteiger partial charge in [0.2, 0.25) is 17.5 Å². The molecule has 0 aliphatic heterocycles. The third-order valence-corrected chi connectivity index (χ3v) is 12.6. The standard InChI is InChI=1S/C54H78N4O4/c1-9-16-21-34-57(35-22-17-10-2)43-30-32-45(47(37-43)55-53(61)40(14-6)24-19-12-4)49-51(59)50(52(49)60)46-33-31-44(38-48(46)56-54(62)41(15-7)25-20-13-5)58(36-23-18-11-3)42-28-26-39(8)27-29-42/h26-33,37-38,40-41H,9-25,34-36H2,1-8H3,(H2,55,56,59,60,61,62). The minimum Gasteiger partial charge on any atom is -0.871 e. The topological polar surface area (TPSA) is 105 Å². The monoisotopic (exact) mass is 847 g/mol. The van der Waals surface area contributed by atoms with E-state index in [2.05, 4.69) is 85.9 Å². The van der Waals surface area contributed by atoms with E-state index in [1.54, 1.807) is 0 Å². The highest BCUT2D eigenvalue weighted by Crippen LogP contribution is 2.43. The van der Waals surface area contributed by atoms with Gasteiger partial charge in [-0.15, -0.1) is 0 Å². The zero-order valence-corrected chi connectivity index (χ0v) is 39.6. The maximum atomic E-state index is 14.6. The molecule has 2 unspecified atom stereocenters. The van der Waals surface area contributed by atoms with E-state index in [9.17, 15) is 19.5 Å². The summed E-state index contributed by atoms with van der Waals surface area (Å²) in [5.41, 5.74) is 6.04. The van der Waals surface area contributed by atoms with Gasteiger partial charge in [-0.3, -0.25) is 14.4 Å². The number of nitrogens with one attached hydrogen (secondary N) is 2. The second-order valence-electron chi connectivity index (χ2n) is 17.4. The lowest BCUT2D eigenvalue weighted by atomic mass is 9.78. The number of hydrogen-bond acceptors (Lipinski definition) is 5. The number of hydrogen-bond donors (Lipinski definition) is 2. The van der Waals surface area contributed by atoms with Gasteiger partial charge in [-0.1, -0.05) is 129 Å².